The van der Waals surface area contributed by atoms with Crippen molar-refractivity contribution in [3.63, 3.8) is 0 Å². The number of hydrogen-bond donors (Lipinski definition) is 2. The molecule has 1 aliphatic heterocycles. The standard InChI is InChI=1S/C20H27N3O5S/c1-4-13-10-14(17(25)28-5-2)16(29-13)21-15(24)11-23-18(26)20(22-19(23)27)8-6-12(3)7-9-20/h10,12H,4-9,11H2,1-3H3,(H,21,24)(H,22,27). The van der Waals surface area contributed by atoms with Crippen LogP contribution < -0.4 is 10.6 Å². The summed E-state index contributed by atoms with van der Waals surface area (Å²) in [6, 6.07) is 1.16. The number of anilines is 1. The number of amides is 4. The third-order valence-electron chi connectivity index (χ3n) is 5.56. The van der Waals surface area contributed by atoms with Crippen molar-refractivity contribution >= 4 is 40.2 Å². The summed E-state index contributed by atoms with van der Waals surface area (Å²) in [6.45, 7) is 5.63. The maximum Gasteiger partial charge on any atom is 0.341 e. The second-order valence-corrected chi connectivity index (χ2v) is 8.80. The van der Waals surface area contributed by atoms with Crippen LogP contribution in [0.25, 0.3) is 0 Å². The van der Waals surface area contributed by atoms with E-state index >= 15 is 0 Å². The van der Waals surface area contributed by atoms with Gasteiger partial charge in [-0.25, -0.2) is 9.59 Å². The second-order valence-electron chi connectivity index (χ2n) is 7.66. The first kappa shape index (κ1) is 21.3. The van der Waals surface area contributed by atoms with Gasteiger partial charge < -0.3 is 15.4 Å². The SMILES string of the molecule is CCOC(=O)c1cc(CC)sc1NC(=O)CN1C(=O)NC2(CCC(C)CC2)C1=O. The number of esters is 1. The number of nitrogens with zero attached hydrogens (tertiary/aromatic N) is 1. The van der Waals surface area contributed by atoms with Crippen molar-refractivity contribution in [1.29, 1.82) is 0 Å². The summed E-state index contributed by atoms with van der Waals surface area (Å²) >= 11 is 1.29. The van der Waals surface area contributed by atoms with Crippen molar-refractivity contribution in [2.45, 2.75) is 58.4 Å². The quantitative estimate of drug-likeness (QED) is 0.543. The zero-order valence-electron chi connectivity index (χ0n) is 17.0. The lowest BCUT2D eigenvalue weighted by atomic mass is 9.77. The van der Waals surface area contributed by atoms with Crippen molar-refractivity contribution in [2.75, 3.05) is 18.5 Å². The van der Waals surface area contributed by atoms with E-state index < -0.39 is 23.4 Å². The van der Waals surface area contributed by atoms with Crippen LogP contribution in [0.1, 0.15) is 61.7 Å². The summed E-state index contributed by atoms with van der Waals surface area (Å²) in [6.07, 6.45) is 3.62. The molecule has 29 heavy (non-hydrogen) atoms. The first-order chi connectivity index (χ1) is 13.8. The minimum absolute atomic E-state index is 0.229. The van der Waals surface area contributed by atoms with Gasteiger partial charge in [0.25, 0.3) is 5.91 Å². The van der Waals surface area contributed by atoms with Gasteiger partial charge in [0.15, 0.2) is 0 Å². The first-order valence-corrected chi connectivity index (χ1v) is 10.8. The summed E-state index contributed by atoms with van der Waals surface area (Å²) in [5, 5.41) is 5.85. The van der Waals surface area contributed by atoms with Crippen molar-refractivity contribution in [2.24, 2.45) is 5.92 Å². The minimum Gasteiger partial charge on any atom is -0.462 e. The molecule has 1 aliphatic carbocycles. The number of aryl methyl sites for hydroxylation is 1. The molecule has 4 amide bonds. The average molecular weight is 422 g/mol. The molecule has 0 unspecified atom stereocenters. The molecule has 0 aromatic carbocycles. The molecule has 1 aromatic rings. The molecule has 9 heteroatoms. The van der Waals surface area contributed by atoms with E-state index in [1.165, 1.54) is 11.3 Å². The van der Waals surface area contributed by atoms with Crippen LogP contribution in [-0.4, -0.2) is 47.4 Å². The lowest BCUT2D eigenvalue weighted by Crippen LogP contribution is -2.49. The molecule has 158 valence electrons. The molecule has 1 saturated carbocycles. The summed E-state index contributed by atoms with van der Waals surface area (Å²) < 4.78 is 5.05. The van der Waals surface area contributed by atoms with Gasteiger partial charge in [-0.2, -0.15) is 0 Å². The molecule has 8 nitrogen and oxygen atoms in total. The van der Waals surface area contributed by atoms with Crippen molar-refractivity contribution in [3.8, 4) is 0 Å². The predicted octanol–water partition coefficient (Wildman–Crippen LogP) is 2.93. The van der Waals surface area contributed by atoms with E-state index in [9.17, 15) is 19.2 Å². The molecule has 0 atom stereocenters. The molecule has 1 saturated heterocycles. The van der Waals surface area contributed by atoms with Crippen molar-refractivity contribution in [1.82, 2.24) is 10.2 Å². The van der Waals surface area contributed by atoms with Crippen LogP contribution >= 0.6 is 11.3 Å². The lowest BCUT2D eigenvalue weighted by Gasteiger charge is -2.33. The molecule has 0 bridgehead atoms. The molecule has 3 rings (SSSR count). The zero-order valence-corrected chi connectivity index (χ0v) is 17.8. The van der Waals surface area contributed by atoms with Crippen LogP contribution in [-0.2, 0) is 20.7 Å². The Bertz CT molecular complexity index is 826. The third kappa shape index (κ3) is 4.29. The fraction of sp³-hybridized carbons (Fsp3) is 0.600. The van der Waals surface area contributed by atoms with Gasteiger partial charge >= 0.3 is 12.0 Å². The van der Waals surface area contributed by atoms with E-state index in [-0.39, 0.29) is 24.6 Å². The van der Waals surface area contributed by atoms with Crippen molar-refractivity contribution < 1.29 is 23.9 Å². The molecule has 2 fully saturated rings. The van der Waals surface area contributed by atoms with Crippen LogP contribution in [0.4, 0.5) is 9.80 Å². The topological polar surface area (TPSA) is 105 Å². The Hall–Kier alpha value is -2.42. The van der Waals surface area contributed by atoms with E-state index in [1.807, 2.05) is 6.92 Å². The first-order valence-electron chi connectivity index (χ1n) is 10.0. The Balaban J connectivity index is 1.70. The molecule has 2 aliphatic rings. The number of urea groups is 1. The summed E-state index contributed by atoms with van der Waals surface area (Å²) in [4.78, 5) is 51.9. The summed E-state index contributed by atoms with van der Waals surface area (Å²) in [5.41, 5.74) is -0.588. The van der Waals surface area contributed by atoms with Gasteiger partial charge in [-0.15, -0.1) is 11.3 Å². The van der Waals surface area contributed by atoms with Crippen molar-refractivity contribution in [3.05, 3.63) is 16.5 Å². The number of nitrogens with one attached hydrogen (secondary N) is 2. The fourth-order valence-corrected chi connectivity index (χ4v) is 4.79. The normalized spacial score (nSPS) is 24.0. The van der Waals surface area contributed by atoms with Gasteiger partial charge in [-0.05, 0) is 51.0 Å². The van der Waals surface area contributed by atoms with Crippen LogP contribution in [0.2, 0.25) is 0 Å². The molecular weight excluding hydrogens is 394 g/mol. The molecule has 1 aromatic heterocycles. The zero-order chi connectivity index (χ0) is 21.2. The smallest absolute Gasteiger partial charge is 0.341 e. The van der Waals surface area contributed by atoms with Crippen LogP contribution in [0.15, 0.2) is 6.07 Å². The lowest BCUT2D eigenvalue weighted by molar-refractivity contribution is -0.135. The highest BCUT2D eigenvalue weighted by atomic mass is 32.1. The van der Waals surface area contributed by atoms with Gasteiger partial charge in [0, 0.05) is 4.88 Å². The van der Waals surface area contributed by atoms with Gasteiger partial charge in [-0.1, -0.05) is 13.8 Å². The van der Waals surface area contributed by atoms with Gasteiger partial charge in [0.05, 0.1) is 12.2 Å². The number of hydrogen-bond acceptors (Lipinski definition) is 6. The van der Waals surface area contributed by atoms with E-state index in [2.05, 4.69) is 17.6 Å². The van der Waals surface area contributed by atoms with E-state index in [4.69, 9.17) is 4.74 Å². The Morgan fingerprint density at radius 2 is 2.00 bits per heavy atom. The third-order valence-corrected chi connectivity index (χ3v) is 6.75. The highest BCUT2D eigenvalue weighted by Crippen LogP contribution is 2.36. The minimum atomic E-state index is -0.877. The van der Waals surface area contributed by atoms with Gasteiger partial charge in [0.2, 0.25) is 5.91 Å². The number of carbonyl (C=O) groups excluding carboxylic acids is 4. The summed E-state index contributed by atoms with van der Waals surface area (Å²) in [7, 11) is 0. The summed E-state index contributed by atoms with van der Waals surface area (Å²) in [5.74, 6) is -0.847. The number of ether oxygens (including phenoxy) is 1. The number of thiophene rings is 1. The molecule has 1 spiro atoms. The molecule has 2 heterocycles. The highest BCUT2D eigenvalue weighted by Gasteiger charge is 2.52. The largest absolute Gasteiger partial charge is 0.462 e. The fourth-order valence-electron chi connectivity index (χ4n) is 3.79. The monoisotopic (exact) mass is 421 g/mol. The highest BCUT2D eigenvalue weighted by molar-refractivity contribution is 7.16. The Kier molecular flexibility index (Phi) is 6.26. The van der Waals surface area contributed by atoms with Crippen LogP contribution in [0.5, 0.6) is 0 Å². The van der Waals surface area contributed by atoms with Crippen LogP contribution in [0.3, 0.4) is 0 Å². The number of rotatable bonds is 6. The van der Waals surface area contributed by atoms with Gasteiger partial charge in [0.1, 0.15) is 17.1 Å². The van der Waals surface area contributed by atoms with E-state index in [1.54, 1.807) is 13.0 Å². The average Bonchev–Trinajstić information content (AvgIpc) is 3.19. The Labute approximate surface area is 174 Å². The Morgan fingerprint density at radius 1 is 1.31 bits per heavy atom. The molecule has 2 N–H and O–H groups in total. The second kappa shape index (κ2) is 8.52. The molecular formula is C20H27N3O5S. The number of imide groups is 1. The maximum atomic E-state index is 12.9. The molecule has 0 radical (unpaired) electrons. The maximum absolute atomic E-state index is 12.9. The van der Waals surface area contributed by atoms with E-state index in [0.717, 1.165) is 22.6 Å². The van der Waals surface area contributed by atoms with Crippen LogP contribution in [0, 0.1) is 5.92 Å². The number of carbonyl (C=O) groups is 4. The van der Waals surface area contributed by atoms with Gasteiger partial charge in [-0.3, -0.25) is 14.5 Å². The van der Waals surface area contributed by atoms with E-state index in [0.29, 0.717) is 30.2 Å². The predicted molar refractivity (Wildman–Crippen MR) is 109 cm³/mol. The Morgan fingerprint density at radius 3 is 2.62 bits per heavy atom.